The van der Waals surface area contributed by atoms with Crippen LogP contribution in [-0.4, -0.2) is 91.8 Å². The van der Waals surface area contributed by atoms with Gasteiger partial charge in [-0.05, 0) is 25.7 Å². The maximum Gasteiger partial charge on any atom is 0.319 e. The highest BCUT2D eigenvalue weighted by atomic mass is 16.5. The number of hydrogen-bond donors (Lipinski definition) is 0. The molecule has 130 valence electrons. The van der Waals surface area contributed by atoms with Crippen LogP contribution in [0.2, 0.25) is 0 Å². The first-order valence-electron chi connectivity index (χ1n) is 8.57. The van der Waals surface area contributed by atoms with Crippen LogP contribution >= 0.6 is 0 Å². The number of ether oxygens (including phenoxy) is 2. The van der Waals surface area contributed by atoms with E-state index >= 15 is 0 Å². The number of rotatable bonds is 3. The van der Waals surface area contributed by atoms with E-state index in [0.717, 1.165) is 38.8 Å². The zero-order chi connectivity index (χ0) is 16.4. The van der Waals surface area contributed by atoms with Crippen LogP contribution in [0.3, 0.4) is 0 Å². The first-order valence-corrected chi connectivity index (χ1v) is 8.57. The van der Waals surface area contributed by atoms with Crippen molar-refractivity contribution >= 4 is 11.9 Å². The van der Waals surface area contributed by atoms with Crippen LogP contribution in [0.1, 0.15) is 25.7 Å². The highest BCUT2D eigenvalue weighted by molar-refractivity contribution is 5.77. The second-order valence-corrected chi connectivity index (χ2v) is 6.79. The van der Waals surface area contributed by atoms with Gasteiger partial charge in [0.05, 0.1) is 18.8 Å². The molecule has 0 aromatic heterocycles. The fraction of sp³-hybridized carbons (Fsp3) is 0.875. The van der Waals surface area contributed by atoms with Gasteiger partial charge in [-0.2, -0.15) is 0 Å². The molecule has 0 bridgehead atoms. The summed E-state index contributed by atoms with van der Waals surface area (Å²) in [4.78, 5) is 29.8. The minimum Gasteiger partial charge on any atom is -0.372 e. The van der Waals surface area contributed by atoms with Gasteiger partial charge >= 0.3 is 6.03 Å². The Bertz CT molecular complexity index is 451. The molecule has 0 aromatic rings. The van der Waals surface area contributed by atoms with Gasteiger partial charge in [-0.3, -0.25) is 4.79 Å². The highest BCUT2D eigenvalue weighted by Crippen LogP contribution is 2.32. The Kier molecular flexibility index (Phi) is 5.06. The van der Waals surface area contributed by atoms with Gasteiger partial charge in [0.2, 0.25) is 5.91 Å². The molecule has 23 heavy (non-hydrogen) atoms. The smallest absolute Gasteiger partial charge is 0.319 e. The summed E-state index contributed by atoms with van der Waals surface area (Å²) in [6.07, 6.45) is 3.67. The number of carbonyl (C=O) groups excluding carboxylic acids is 2. The molecule has 0 N–H and O–H groups in total. The Hall–Kier alpha value is -1.34. The van der Waals surface area contributed by atoms with Gasteiger partial charge in [0, 0.05) is 33.7 Å². The van der Waals surface area contributed by atoms with Gasteiger partial charge in [-0.15, -0.1) is 0 Å². The van der Waals surface area contributed by atoms with Crippen molar-refractivity contribution in [1.82, 2.24) is 14.7 Å². The summed E-state index contributed by atoms with van der Waals surface area (Å²) >= 11 is 0. The second kappa shape index (κ2) is 7.05. The number of fused-ring (bicyclic) bond motifs is 1. The lowest BCUT2D eigenvalue weighted by molar-refractivity contribution is -0.144. The monoisotopic (exact) mass is 325 g/mol. The third-order valence-corrected chi connectivity index (χ3v) is 5.04. The Morgan fingerprint density at radius 3 is 2.61 bits per heavy atom. The standard InChI is InChI=1S/C16H27N3O4/c1-17(2)16(21)19-9-10-22-15-12(19)5-6-13(15)23-11-14(20)18-7-3-4-8-18/h12-13,15H,3-11H2,1-2H3/t12-,13+,15+/m0/s1. The maximum absolute atomic E-state index is 12.3. The van der Waals surface area contributed by atoms with E-state index in [1.54, 1.807) is 19.0 Å². The van der Waals surface area contributed by atoms with E-state index in [1.165, 1.54) is 0 Å². The zero-order valence-electron chi connectivity index (χ0n) is 14.1. The largest absolute Gasteiger partial charge is 0.372 e. The molecule has 3 fully saturated rings. The van der Waals surface area contributed by atoms with E-state index < -0.39 is 0 Å². The first kappa shape index (κ1) is 16.5. The van der Waals surface area contributed by atoms with Crippen molar-refractivity contribution in [2.45, 2.75) is 43.9 Å². The molecule has 3 rings (SSSR count). The predicted molar refractivity (Wildman–Crippen MR) is 84.1 cm³/mol. The number of likely N-dealkylation sites (tertiary alicyclic amines) is 1. The molecule has 3 atom stereocenters. The van der Waals surface area contributed by atoms with Crippen LogP contribution in [-0.2, 0) is 14.3 Å². The van der Waals surface area contributed by atoms with E-state index in [2.05, 4.69) is 0 Å². The fourth-order valence-electron chi connectivity index (χ4n) is 3.82. The van der Waals surface area contributed by atoms with Gasteiger partial charge in [0.1, 0.15) is 12.7 Å². The van der Waals surface area contributed by atoms with E-state index in [1.807, 2.05) is 9.80 Å². The van der Waals surface area contributed by atoms with Crippen LogP contribution in [0, 0.1) is 0 Å². The van der Waals surface area contributed by atoms with Crippen molar-refractivity contribution in [2.75, 3.05) is 46.9 Å². The molecule has 0 spiro atoms. The molecular formula is C16H27N3O4. The summed E-state index contributed by atoms with van der Waals surface area (Å²) in [7, 11) is 3.54. The number of urea groups is 1. The summed E-state index contributed by atoms with van der Waals surface area (Å²) in [5.74, 6) is 0.0722. The molecular weight excluding hydrogens is 298 g/mol. The van der Waals surface area contributed by atoms with Crippen LogP contribution in [0.25, 0.3) is 0 Å². The van der Waals surface area contributed by atoms with Crippen molar-refractivity contribution in [3.8, 4) is 0 Å². The van der Waals surface area contributed by atoms with Crippen LogP contribution in [0.5, 0.6) is 0 Å². The number of nitrogens with zero attached hydrogens (tertiary/aromatic N) is 3. The summed E-state index contributed by atoms with van der Waals surface area (Å²) in [6, 6.07) is 0.0858. The lowest BCUT2D eigenvalue weighted by atomic mass is 10.1. The molecule has 7 nitrogen and oxygen atoms in total. The Balaban J connectivity index is 1.54. The molecule has 2 heterocycles. The summed E-state index contributed by atoms with van der Waals surface area (Å²) < 4.78 is 11.7. The molecule has 0 radical (unpaired) electrons. The van der Waals surface area contributed by atoms with E-state index in [4.69, 9.17) is 9.47 Å². The summed E-state index contributed by atoms with van der Waals surface area (Å²) in [5.41, 5.74) is 0. The number of carbonyl (C=O) groups is 2. The number of amides is 3. The predicted octanol–water partition coefficient (Wildman–Crippen LogP) is 0.539. The summed E-state index contributed by atoms with van der Waals surface area (Å²) in [6.45, 7) is 2.97. The molecule has 7 heteroatoms. The normalized spacial score (nSPS) is 30.4. The number of hydrogen-bond acceptors (Lipinski definition) is 4. The second-order valence-electron chi connectivity index (χ2n) is 6.79. The quantitative estimate of drug-likeness (QED) is 0.760. The number of morpholine rings is 1. The van der Waals surface area contributed by atoms with Gasteiger partial charge < -0.3 is 24.2 Å². The van der Waals surface area contributed by atoms with Crippen molar-refractivity contribution in [2.24, 2.45) is 0 Å². The zero-order valence-corrected chi connectivity index (χ0v) is 14.1. The Labute approximate surface area is 137 Å². The lowest BCUT2D eigenvalue weighted by Crippen LogP contribution is -2.56. The average Bonchev–Trinajstić information content (AvgIpc) is 3.21. The van der Waals surface area contributed by atoms with Crippen LogP contribution in [0.15, 0.2) is 0 Å². The third kappa shape index (κ3) is 3.45. The molecule has 3 amide bonds. The molecule has 1 aliphatic carbocycles. The maximum atomic E-state index is 12.3. The lowest BCUT2D eigenvalue weighted by Gasteiger charge is -2.40. The van der Waals surface area contributed by atoms with Crippen LogP contribution in [0.4, 0.5) is 4.79 Å². The van der Waals surface area contributed by atoms with Gasteiger partial charge in [0.15, 0.2) is 0 Å². The Morgan fingerprint density at radius 1 is 1.17 bits per heavy atom. The van der Waals surface area contributed by atoms with Crippen molar-refractivity contribution < 1.29 is 19.1 Å². The molecule has 0 unspecified atom stereocenters. The minimum absolute atomic E-state index is 0.0251. The van der Waals surface area contributed by atoms with Crippen molar-refractivity contribution in [3.05, 3.63) is 0 Å². The molecule has 0 aromatic carbocycles. The van der Waals surface area contributed by atoms with E-state index in [0.29, 0.717) is 13.2 Å². The third-order valence-electron chi connectivity index (χ3n) is 5.04. The fourth-order valence-corrected chi connectivity index (χ4v) is 3.82. The van der Waals surface area contributed by atoms with Gasteiger partial charge in [-0.25, -0.2) is 4.79 Å². The van der Waals surface area contributed by atoms with Crippen LogP contribution < -0.4 is 0 Å². The van der Waals surface area contributed by atoms with Gasteiger partial charge in [-0.1, -0.05) is 0 Å². The average molecular weight is 325 g/mol. The molecule has 2 aliphatic heterocycles. The topological polar surface area (TPSA) is 62.3 Å². The summed E-state index contributed by atoms with van der Waals surface area (Å²) in [5, 5.41) is 0. The SMILES string of the molecule is CN(C)C(=O)N1CCO[C@H]2[C@H](OCC(=O)N3CCCC3)CC[C@@H]21. The molecule has 1 saturated carbocycles. The van der Waals surface area contributed by atoms with E-state index in [9.17, 15) is 9.59 Å². The van der Waals surface area contributed by atoms with E-state index in [-0.39, 0.29) is 36.8 Å². The first-order chi connectivity index (χ1) is 11.1. The molecule has 3 aliphatic rings. The highest BCUT2D eigenvalue weighted by Gasteiger charge is 2.45. The Morgan fingerprint density at radius 2 is 1.91 bits per heavy atom. The minimum atomic E-state index is -0.112. The van der Waals surface area contributed by atoms with Gasteiger partial charge in [0.25, 0.3) is 0 Å². The van der Waals surface area contributed by atoms with Crippen molar-refractivity contribution in [3.63, 3.8) is 0 Å². The molecule has 2 saturated heterocycles. The van der Waals surface area contributed by atoms with Crippen molar-refractivity contribution in [1.29, 1.82) is 0 Å².